The van der Waals surface area contributed by atoms with Crippen molar-refractivity contribution in [3.63, 3.8) is 0 Å². The number of aryl methyl sites for hydroxylation is 1. The molecule has 112 valence electrons. The van der Waals surface area contributed by atoms with Crippen molar-refractivity contribution >= 4 is 12.4 Å². The van der Waals surface area contributed by atoms with Crippen LogP contribution in [-0.2, 0) is 6.42 Å². The molecule has 1 aliphatic rings. The molecule has 0 aliphatic carbocycles. The van der Waals surface area contributed by atoms with Crippen molar-refractivity contribution in [1.29, 1.82) is 0 Å². The maximum Gasteiger partial charge on any atom is 0.131 e. The van der Waals surface area contributed by atoms with Crippen LogP contribution < -0.4 is 10.1 Å². The van der Waals surface area contributed by atoms with E-state index in [9.17, 15) is 4.39 Å². The maximum absolute atomic E-state index is 13.8. The lowest BCUT2D eigenvalue weighted by molar-refractivity contribution is 0.174. The quantitative estimate of drug-likeness (QED) is 0.930. The minimum atomic E-state index is -0.196. The Labute approximate surface area is 130 Å². The van der Waals surface area contributed by atoms with Gasteiger partial charge in [0.1, 0.15) is 17.7 Å². The zero-order valence-corrected chi connectivity index (χ0v) is 12.8. The summed E-state index contributed by atoms with van der Waals surface area (Å²) in [5.41, 5.74) is 2.81. The molecular weight excluding hydrogens is 289 g/mol. The molecule has 1 atom stereocenters. The van der Waals surface area contributed by atoms with Crippen molar-refractivity contribution in [2.45, 2.75) is 18.9 Å². The Kier molecular flexibility index (Phi) is 5.21. The molecule has 4 heteroatoms. The first-order chi connectivity index (χ1) is 9.78. The van der Waals surface area contributed by atoms with Gasteiger partial charge in [0.25, 0.3) is 0 Å². The van der Waals surface area contributed by atoms with E-state index in [0.29, 0.717) is 0 Å². The summed E-state index contributed by atoms with van der Waals surface area (Å²) in [6.07, 6.45) is 1.94. The molecule has 0 fully saturated rings. The van der Waals surface area contributed by atoms with Crippen LogP contribution in [-0.4, -0.2) is 19.7 Å². The third-order valence-corrected chi connectivity index (χ3v) is 3.67. The van der Waals surface area contributed by atoms with E-state index in [1.165, 1.54) is 0 Å². The van der Waals surface area contributed by atoms with Gasteiger partial charge in [-0.1, -0.05) is 30.3 Å². The molecule has 3 rings (SSSR count). The second-order valence-corrected chi connectivity index (χ2v) is 5.14. The molecule has 1 heterocycles. The van der Waals surface area contributed by atoms with Crippen molar-refractivity contribution in [3.05, 3.63) is 53.8 Å². The van der Waals surface area contributed by atoms with Gasteiger partial charge < -0.3 is 10.1 Å². The first kappa shape index (κ1) is 15.8. The molecule has 0 aromatic heterocycles. The largest absolute Gasteiger partial charge is 0.488 e. The van der Waals surface area contributed by atoms with Gasteiger partial charge in [0, 0.05) is 12.1 Å². The number of halogens is 2. The van der Waals surface area contributed by atoms with E-state index in [1.807, 2.05) is 37.4 Å². The number of benzene rings is 2. The van der Waals surface area contributed by atoms with E-state index in [-0.39, 0.29) is 24.3 Å². The zero-order valence-electron chi connectivity index (χ0n) is 11.9. The van der Waals surface area contributed by atoms with E-state index in [0.717, 1.165) is 41.8 Å². The molecule has 0 amide bonds. The topological polar surface area (TPSA) is 21.3 Å². The highest BCUT2D eigenvalue weighted by Gasteiger charge is 2.23. The lowest BCUT2D eigenvalue weighted by Gasteiger charge is -2.28. The molecule has 2 aromatic rings. The third kappa shape index (κ3) is 3.36. The summed E-state index contributed by atoms with van der Waals surface area (Å²) >= 11 is 0. The normalized spacial score (nSPS) is 16.6. The maximum atomic E-state index is 13.8. The van der Waals surface area contributed by atoms with Gasteiger partial charge in [-0.25, -0.2) is 4.39 Å². The molecule has 0 saturated carbocycles. The summed E-state index contributed by atoms with van der Waals surface area (Å²) in [7, 11) is 1.92. The van der Waals surface area contributed by atoms with Crippen LogP contribution in [0.3, 0.4) is 0 Å². The van der Waals surface area contributed by atoms with E-state index in [2.05, 4.69) is 5.32 Å². The fourth-order valence-corrected chi connectivity index (χ4v) is 2.72. The number of fused-ring (bicyclic) bond motifs is 1. The van der Waals surface area contributed by atoms with Crippen LogP contribution in [0.4, 0.5) is 4.39 Å². The van der Waals surface area contributed by atoms with Crippen LogP contribution in [0, 0.1) is 5.82 Å². The summed E-state index contributed by atoms with van der Waals surface area (Å²) in [5, 5.41) is 3.14. The Balaban J connectivity index is 0.00000161. The molecule has 0 saturated heterocycles. The van der Waals surface area contributed by atoms with Crippen molar-refractivity contribution in [2.24, 2.45) is 0 Å². The van der Waals surface area contributed by atoms with Gasteiger partial charge in [-0.15, -0.1) is 12.4 Å². The van der Waals surface area contributed by atoms with E-state index >= 15 is 0 Å². The summed E-state index contributed by atoms with van der Waals surface area (Å²) < 4.78 is 19.9. The van der Waals surface area contributed by atoms with Crippen molar-refractivity contribution < 1.29 is 9.13 Å². The molecule has 1 N–H and O–H groups in total. The molecule has 0 spiro atoms. The second kappa shape index (κ2) is 6.92. The molecule has 2 nitrogen and oxygen atoms in total. The van der Waals surface area contributed by atoms with Crippen molar-refractivity contribution in [2.75, 3.05) is 13.6 Å². The summed E-state index contributed by atoms with van der Waals surface area (Å²) in [5.74, 6) is 0.641. The summed E-state index contributed by atoms with van der Waals surface area (Å²) in [6, 6.07) is 13.0. The van der Waals surface area contributed by atoms with Crippen molar-refractivity contribution in [1.82, 2.24) is 5.32 Å². The SMILES string of the molecule is CNC[C@H]1CCc2cc(F)cc(-c3ccccc3)c2O1.Cl. The van der Waals surface area contributed by atoms with Gasteiger partial charge in [0.15, 0.2) is 0 Å². The third-order valence-electron chi connectivity index (χ3n) is 3.67. The summed E-state index contributed by atoms with van der Waals surface area (Å²) in [4.78, 5) is 0. The lowest BCUT2D eigenvalue weighted by atomic mass is 9.95. The highest BCUT2D eigenvalue weighted by atomic mass is 35.5. The Bertz CT molecular complexity index is 603. The van der Waals surface area contributed by atoms with E-state index < -0.39 is 0 Å². The first-order valence-electron chi connectivity index (χ1n) is 6.97. The highest BCUT2D eigenvalue weighted by Crippen LogP contribution is 2.38. The molecule has 21 heavy (non-hydrogen) atoms. The Hall–Kier alpha value is -1.58. The fraction of sp³-hybridized carbons (Fsp3) is 0.294. The molecule has 1 aliphatic heterocycles. The summed E-state index contributed by atoms with van der Waals surface area (Å²) in [6.45, 7) is 0.811. The van der Waals surface area contributed by atoms with Crippen LogP contribution in [0.1, 0.15) is 12.0 Å². The Morgan fingerprint density at radius 1 is 1.24 bits per heavy atom. The molecule has 0 bridgehead atoms. The van der Waals surface area contributed by atoms with Gasteiger partial charge in [0.2, 0.25) is 0 Å². The number of ether oxygens (including phenoxy) is 1. The van der Waals surface area contributed by atoms with Crippen LogP contribution in [0.25, 0.3) is 11.1 Å². The Morgan fingerprint density at radius 2 is 2.00 bits per heavy atom. The number of rotatable bonds is 3. The number of hydrogen-bond donors (Lipinski definition) is 1. The fourth-order valence-electron chi connectivity index (χ4n) is 2.72. The number of likely N-dealkylation sites (N-methyl/N-ethyl adjacent to an activating group) is 1. The molecule has 0 unspecified atom stereocenters. The number of hydrogen-bond acceptors (Lipinski definition) is 2. The smallest absolute Gasteiger partial charge is 0.131 e. The van der Waals surface area contributed by atoms with Crippen molar-refractivity contribution in [3.8, 4) is 16.9 Å². The molecule has 2 aromatic carbocycles. The lowest BCUT2D eigenvalue weighted by Crippen LogP contribution is -2.32. The van der Waals surface area contributed by atoms with Crippen LogP contribution in [0.5, 0.6) is 5.75 Å². The second-order valence-electron chi connectivity index (χ2n) is 5.14. The van der Waals surface area contributed by atoms with Crippen LogP contribution >= 0.6 is 12.4 Å². The first-order valence-corrected chi connectivity index (χ1v) is 6.97. The minimum absolute atomic E-state index is 0. The van der Waals surface area contributed by atoms with E-state index in [4.69, 9.17) is 4.74 Å². The average Bonchev–Trinajstić information content (AvgIpc) is 2.48. The van der Waals surface area contributed by atoms with Gasteiger partial charge in [-0.2, -0.15) is 0 Å². The van der Waals surface area contributed by atoms with Gasteiger partial charge >= 0.3 is 0 Å². The monoisotopic (exact) mass is 307 g/mol. The van der Waals surface area contributed by atoms with Crippen LogP contribution in [0.15, 0.2) is 42.5 Å². The Morgan fingerprint density at radius 3 is 2.71 bits per heavy atom. The predicted octanol–water partition coefficient (Wildman–Crippen LogP) is 3.83. The minimum Gasteiger partial charge on any atom is -0.488 e. The molecule has 0 radical (unpaired) electrons. The van der Waals surface area contributed by atoms with Crippen LogP contribution in [0.2, 0.25) is 0 Å². The van der Waals surface area contributed by atoms with Gasteiger partial charge in [-0.05, 0) is 43.1 Å². The number of nitrogens with one attached hydrogen (secondary N) is 1. The standard InChI is InChI=1S/C17H18FNO.ClH/c1-19-11-15-8-7-13-9-14(18)10-16(17(13)20-15)12-5-3-2-4-6-12;/h2-6,9-10,15,19H,7-8,11H2,1H3;1H/t15-;/m1./s1. The average molecular weight is 308 g/mol. The van der Waals surface area contributed by atoms with Gasteiger partial charge in [0.05, 0.1) is 0 Å². The highest BCUT2D eigenvalue weighted by molar-refractivity contribution is 5.85. The zero-order chi connectivity index (χ0) is 13.9. The van der Waals surface area contributed by atoms with E-state index in [1.54, 1.807) is 12.1 Å². The van der Waals surface area contributed by atoms with Gasteiger partial charge in [-0.3, -0.25) is 0 Å². The molecular formula is C17H19ClFNO. The predicted molar refractivity (Wildman–Crippen MR) is 85.7 cm³/mol.